The standard InChI is InChI=1S/C7H15NOS/c1-6(2)8-5-9-4-7(8)10-3/h6-7H,4-5H2,1-3H3. The van der Waals surface area contributed by atoms with E-state index in [1.165, 1.54) is 0 Å². The molecule has 1 fully saturated rings. The maximum atomic E-state index is 5.33. The van der Waals surface area contributed by atoms with Gasteiger partial charge in [0.2, 0.25) is 0 Å². The molecule has 0 radical (unpaired) electrons. The summed E-state index contributed by atoms with van der Waals surface area (Å²) >= 11 is 1.87. The van der Waals surface area contributed by atoms with Gasteiger partial charge in [-0.15, -0.1) is 11.8 Å². The summed E-state index contributed by atoms with van der Waals surface area (Å²) in [5, 5.41) is 0.583. The van der Waals surface area contributed by atoms with Crippen LogP contribution in [0.15, 0.2) is 0 Å². The Balaban J connectivity index is 2.42. The average molecular weight is 161 g/mol. The summed E-state index contributed by atoms with van der Waals surface area (Å²) in [4.78, 5) is 2.37. The first-order valence-electron chi connectivity index (χ1n) is 3.62. The molecule has 0 saturated carbocycles. The van der Waals surface area contributed by atoms with Gasteiger partial charge < -0.3 is 4.74 Å². The molecule has 1 unspecified atom stereocenters. The minimum atomic E-state index is 0.583. The fourth-order valence-corrected chi connectivity index (χ4v) is 1.93. The molecule has 1 rings (SSSR count). The van der Waals surface area contributed by atoms with Crippen LogP contribution < -0.4 is 0 Å². The second kappa shape index (κ2) is 3.60. The van der Waals surface area contributed by atoms with Crippen molar-refractivity contribution in [3.63, 3.8) is 0 Å². The van der Waals surface area contributed by atoms with Crippen LogP contribution >= 0.6 is 11.8 Å². The zero-order valence-corrected chi connectivity index (χ0v) is 7.65. The third kappa shape index (κ3) is 1.65. The third-order valence-corrected chi connectivity index (χ3v) is 2.76. The number of nitrogens with zero attached hydrogens (tertiary/aromatic N) is 1. The van der Waals surface area contributed by atoms with E-state index in [0.717, 1.165) is 13.3 Å². The second-order valence-corrected chi connectivity index (χ2v) is 3.81. The number of hydrogen-bond acceptors (Lipinski definition) is 3. The molecular weight excluding hydrogens is 146 g/mol. The SMILES string of the molecule is CSC1COCN1C(C)C. The molecule has 60 valence electrons. The lowest BCUT2D eigenvalue weighted by Crippen LogP contribution is -2.34. The van der Waals surface area contributed by atoms with Crippen molar-refractivity contribution in [3.8, 4) is 0 Å². The Morgan fingerprint density at radius 1 is 1.60 bits per heavy atom. The van der Waals surface area contributed by atoms with Crippen LogP contribution in [0.25, 0.3) is 0 Å². The Kier molecular flexibility index (Phi) is 3.01. The monoisotopic (exact) mass is 161 g/mol. The second-order valence-electron chi connectivity index (χ2n) is 2.80. The van der Waals surface area contributed by atoms with Crippen molar-refractivity contribution in [1.29, 1.82) is 0 Å². The molecule has 0 aromatic rings. The molecule has 3 heteroatoms. The summed E-state index contributed by atoms with van der Waals surface area (Å²) in [6, 6.07) is 0.611. The molecule has 0 amide bonds. The first-order valence-corrected chi connectivity index (χ1v) is 4.90. The Hall–Kier alpha value is 0.270. The summed E-state index contributed by atoms with van der Waals surface area (Å²) in [5.41, 5.74) is 0. The van der Waals surface area contributed by atoms with E-state index in [1.807, 2.05) is 11.8 Å². The Bertz CT molecular complexity index is 108. The van der Waals surface area contributed by atoms with Gasteiger partial charge in [-0.2, -0.15) is 0 Å². The molecule has 1 saturated heterocycles. The molecule has 0 aromatic carbocycles. The van der Waals surface area contributed by atoms with Crippen molar-refractivity contribution in [3.05, 3.63) is 0 Å². The Labute approximate surface area is 66.9 Å². The van der Waals surface area contributed by atoms with Crippen LogP contribution in [0, 0.1) is 0 Å². The lowest BCUT2D eigenvalue weighted by Gasteiger charge is -2.24. The first kappa shape index (κ1) is 8.37. The van der Waals surface area contributed by atoms with E-state index in [4.69, 9.17) is 4.74 Å². The van der Waals surface area contributed by atoms with Gasteiger partial charge in [0.05, 0.1) is 12.0 Å². The summed E-state index contributed by atoms with van der Waals surface area (Å²) in [7, 11) is 0. The van der Waals surface area contributed by atoms with Gasteiger partial charge in [-0.25, -0.2) is 0 Å². The normalized spacial score (nSPS) is 28.2. The highest BCUT2D eigenvalue weighted by Crippen LogP contribution is 2.20. The summed E-state index contributed by atoms with van der Waals surface area (Å²) in [5.74, 6) is 0. The van der Waals surface area contributed by atoms with Crippen LogP contribution in [0.2, 0.25) is 0 Å². The van der Waals surface area contributed by atoms with Gasteiger partial charge in [-0.3, -0.25) is 4.90 Å². The molecule has 10 heavy (non-hydrogen) atoms. The van der Waals surface area contributed by atoms with Crippen molar-refractivity contribution in [2.24, 2.45) is 0 Å². The van der Waals surface area contributed by atoms with Crippen molar-refractivity contribution in [1.82, 2.24) is 4.90 Å². The molecular formula is C7H15NOS. The molecule has 0 aliphatic carbocycles. The lowest BCUT2D eigenvalue weighted by molar-refractivity contribution is 0.123. The van der Waals surface area contributed by atoms with Crippen LogP contribution in [0.4, 0.5) is 0 Å². The van der Waals surface area contributed by atoms with Crippen LogP contribution in [0.3, 0.4) is 0 Å². The molecule has 0 N–H and O–H groups in total. The van der Waals surface area contributed by atoms with E-state index in [9.17, 15) is 0 Å². The first-order chi connectivity index (χ1) is 4.75. The topological polar surface area (TPSA) is 12.5 Å². The maximum Gasteiger partial charge on any atom is 0.100 e. The maximum absolute atomic E-state index is 5.33. The van der Waals surface area contributed by atoms with Crippen molar-refractivity contribution < 1.29 is 4.74 Å². The van der Waals surface area contributed by atoms with E-state index in [2.05, 4.69) is 25.0 Å². The zero-order chi connectivity index (χ0) is 7.56. The molecule has 1 atom stereocenters. The quantitative estimate of drug-likeness (QED) is 0.607. The van der Waals surface area contributed by atoms with E-state index in [1.54, 1.807) is 0 Å². The predicted molar refractivity (Wildman–Crippen MR) is 45.1 cm³/mol. The summed E-state index contributed by atoms with van der Waals surface area (Å²) < 4.78 is 5.33. The molecule has 1 aliphatic heterocycles. The van der Waals surface area contributed by atoms with Crippen molar-refractivity contribution in [2.45, 2.75) is 25.3 Å². The smallest absolute Gasteiger partial charge is 0.100 e. The number of ether oxygens (including phenoxy) is 1. The largest absolute Gasteiger partial charge is 0.364 e. The zero-order valence-electron chi connectivity index (χ0n) is 6.83. The molecule has 0 spiro atoms. The third-order valence-electron chi connectivity index (χ3n) is 1.81. The average Bonchev–Trinajstić information content (AvgIpc) is 2.33. The Morgan fingerprint density at radius 3 is 2.70 bits per heavy atom. The molecule has 0 aromatic heterocycles. The van der Waals surface area contributed by atoms with E-state index < -0.39 is 0 Å². The van der Waals surface area contributed by atoms with Gasteiger partial charge in [0.1, 0.15) is 6.73 Å². The summed E-state index contributed by atoms with van der Waals surface area (Å²) in [6.07, 6.45) is 2.13. The number of hydrogen-bond donors (Lipinski definition) is 0. The van der Waals surface area contributed by atoms with Gasteiger partial charge in [-0.05, 0) is 20.1 Å². The predicted octanol–water partition coefficient (Wildman–Crippen LogP) is 1.37. The van der Waals surface area contributed by atoms with Crippen LogP contribution in [0.1, 0.15) is 13.8 Å². The lowest BCUT2D eigenvalue weighted by atomic mass is 10.3. The minimum absolute atomic E-state index is 0.583. The van der Waals surface area contributed by atoms with Crippen LogP contribution in [-0.4, -0.2) is 35.9 Å². The highest BCUT2D eigenvalue weighted by atomic mass is 32.2. The highest BCUT2D eigenvalue weighted by Gasteiger charge is 2.25. The molecule has 1 aliphatic rings. The van der Waals surface area contributed by atoms with E-state index in [-0.39, 0.29) is 0 Å². The molecule has 0 bridgehead atoms. The number of thioether (sulfide) groups is 1. The van der Waals surface area contributed by atoms with Gasteiger partial charge >= 0.3 is 0 Å². The van der Waals surface area contributed by atoms with E-state index in [0.29, 0.717) is 11.4 Å². The van der Waals surface area contributed by atoms with Crippen LogP contribution in [-0.2, 0) is 4.74 Å². The minimum Gasteiger partial charge on any atom is -0.364 e. The van der Waals surface area contributed by atoms with E-state index >= 15 is 0 Å². The van der Waals surface area contributed by atoms with Crippen LogP contribution in [0.5, 0.6) is 0 Å². The Morgan fingerprint density at radius 2 is 2.30 bits per heavy atom. The highest BCUT2D eigenvalue weighted by molar-refractivity contribution is 7.99. The van der Waals surface area contributed by atoms with Gasteiger partial charge in [-0.1, -0.05) is 0 Å². The molecule has 1 heterocycles. The number of rotatable bonds is 2. The summed E-state index contributed by atoms with van der Waals surface area (Å²) in [6.45, 7) is 6.11. The van der Waals surface area contributed by atoms with Gasteiger partial charge in [0.15, 0.2) is 0 Å². The van der Waals surface area contributed by atoms with Crippen molar-refractivity contribution >= 4 is 11.8 Å². The molecule has 2 nitrogen and oxygen atoms in total. The fourth-order valence-electron chi connectivity index (χ4n) is 1.12. The van der Waals surface area contributed by atoms with Gasteiger partial charge in [0.25, 0.3) is 0 Å². The van der Waals surface area contributed by atoms with Crippen molar-refractivity contribution in [2.75, 3.05) is 19.6 Å². The van der Waals surface area contributed by atoms with Gasteiger partial charge in [0, 0.05) is 6.04 Å². The fraction of sp³-hybridized carbons (Fsp3) is 1.00.